The van der Waals surface area contributed by atoms with Gasteiger partial charge >= 0.3 is 5.97 Å². The molecule has 1 unspecified atom stereocenters. The summed E-state index contributed by atoms with van der Waals surface area (Å²) in [6.07, 6.45) is 3.01. The summed E-state index contributed by atoms with van der Waals surface area (Å²) in [6, 6.07) is -0.384. The van der Waals surface area contributed by atoms with Crippen molar-refractivity contribution in [2.24, 2.45) is 5.73 Å². The summed E-state index contributed by atoms with van der Waals surface area (Å²) >= 11 is 0. The number of ether oxygens (including phenoxy) is 1. The molecule has 0 radical (unpaired) electrons. The van der Waals surface area contributed by atoms with Crippen LogP contribution in [0.3, 0.4) is 0 Å². The third kappa shape index (κ3) is 4.08. The van der Waals surface area contributed by atoms with E-state index >= 15 is 0 Å². The molecular formula is C11H22N2O3. The van der Waals surface area contributed by atoms with E-state index in [-0.39, 0.29) is 12.1 Å². The molecule has 3 N–H and O–H groups in total. The van der Waals surface area contributed by atoms with Crippen LogP contribution >= 0.6 is 0 Å². The number of nitrogens with zero attached hydrogens (tertiary/aromatic N) is 1. The Morgan fingerprint density at radius 3 is 2.69 bits per heavy atom. The van der Waals surface area contributed by atoms with Crippen molar-refractivity contribution in [2.45, 2.75) is 38.3 Å². The summed E-state index contributed by atoms with van der Waals surface area (Å²) in [4.78, 5) is 12.8. The van der Waals surface area contributed by atoms with Gasteiger partial charge in [0, 0.05) is 19.7 Å². The molecule has 0 aromatic heterocycles. The highest BCUT2D eigenvalue weighted by Crippen LogP contribution is 2.16. The van der Waals surface area contributed by atoms with E-state index in [1.165, 1.54) is 0 Å². The van der Waals surface area contributed by atoms with Crippen LogP contribution < -0.4 is 5.73 Å². The molecule has 5 nitrogen and oxygen atoms in total. The highest BCUT2D eigenvalue weighted by Gasteiger charge is 2.26. The summed E-state index contributed by atoms with van der Waals surface area (Å²) in [5, 5.41) is 8.89. The summed E-state index contributed by atoms with van der Waals surface area (Å²) in [5.41, 5.74) is 5.39. The molecule has 1 saturated heterocycles. The minimum atomic E-state index is -0.748. The highest BCUT2D eigenvalue weighted by atomic mass is 16.5. The van der Waals surface area contributed by atoms with E-state index in [2.05, 4.69) is 0 Å². The van der Waals surface area contributed by atoms with E-state index < -0.39 is 5.97 Å². The van der Waals surface area contributed by atoms with Gasteiger partial charge in [0.15, 0.2) is 0 Å². The van der Waals surface area contributed by atoms with Gasteiger partial charge in [0.2, 0.25) is 0 Å². The maximum absolute atomic E-state index is 10.8. The maximum Gasteiger partial charge on any atom is 0.320 e. The molecule has 0 aromatic rings. The number of piperidine rings is 1. The average molecular weight is 230 g/mol. The first-order chi connectivity index (χ1) is 7.65. The Labute approximate surface area is 96.6 Å². The van der Waals surface area contributed by atoms with Gasteiger partial charge in [0.1, 0.15) is 6.04 Å². The van der Waals surface area contributed by atoms with Crippen LogP contribution in [0.4, 0.5) is 0 Å². The summed E-state index contributed by atoms with van der Waals surface area (Å²) < 4.78 is 5.66. The molecule has 1 aliphatic heterocycles. The number of carboxylic acid groups (broad SMARTS) is 1. The Hall–Kier alpha value is -0.650. The van der Waals surface area contributed by atoms with Gasteiger partial charge in [0.25, 0.3) is 0 Å². The van der Waals surface area contributed by atoms with Crippen molar-refractivity contribution in [1.82, 2.24) is 4.90 Å². The van der Waals surface area contributed by atoms with Crippen molar-refractivity contribution in [1.29, 1.82) is 0 Å². The number of carbonyl (C=O) groups is 1. The Morgan fingerprint density at radius 2 is 2.19 bits per heavy atom. The third-order valence-electron chi connectivity index (χ3n) is 3.08. The molecule has 1 fully saturated rings. The van der Waals surface area contributed by atoms with Gasteiger partial charge in [-0.15, -0.1) is 0 Å². The molecule has 1 aliphatic rings. The molecule has 1 rings (SSSR count). The van der Waals surface area contributed by atoms with E-state index in [0.29, 0.717) is 6.54 Å². The second-order valence-corrected chi connectivity index (χ2v) is 4.26. The zero-order valence-electron chi connectivity index (χ0n) is 9.89. The number of hydrogen-bond acceptors (Lipinski definition) is 4. The van der Waals surface area contributed by atoms with E-state index in [9.17, 15) is 4.79 Å². The molecule has 16 heavy (non-hydrogen) atoms. The molecule has 1 atom stereocenters. The molecule has 0 saturated carbocycles. The average Bonchev–Trinajstić information content (AvgIpc) is 2.29. The minimum absolute atomic E-state index is 0.281. The standard InChI is InChI=1S/C11H22N2O3/c1-9(11(14)15)13-6-3-10(4-7-13)16-8-2-5-12/h9-10H,2-8,12H2,1H3,(H,14,15). The normalized spacial score (nSPS) is 20.9. The molecule has 94 valence electrons. The van der Waals surface area contributed by atoms with Crippen LogP contribution in [0.15, 0.2) is 0 Å². The van der Waals surface area contributed by atoms with Gasteiger partial charge in [-0.25, -0.2) is 0 Å². The topological polar surface area (TPSA) is 75.8 Å². The van der Waals surface area contributed by atoms with Crippen LogP contribution in [0.25, 0.3) is 0 Å². The second-order valence-electron chi connectivity index (χ2n) is 4.26. The number of rotatable bonds is 6. The fraction of sp³-hybridized carbons (Fsp3) is 0.909. The molecule has 0 bridgehead atoms. The fourth-order valence-corrected chi connectivity index (χ4v) is 1.92. The molecule has 1 heterocycles. The quantitative estimate of drug-likeness (QED) is 0.641. The Balaban J connectivity index is 2.20. The lowest BCUT2D eigenvalue weighted by Crippen LogP contribution is -2.45. The lowest BCUT2D eigenvalue weighted by Gasteiger charge is -2.34. The predicted molar refractivity (Wildman–Crippen MR) is 61.3 cm³/mol. The molecule has 5 heteroatoms. The molecular weight excluding hydrogens is 208 g/mol. The van der Waals surface area contributed by atoms with Crippen LogP contribution in [0.5, 0.6) is 0 Å². The van der Waals surface area contributed by atoms with Crippen molar-refractivity contribution in [3.8, 4) is 0 Å². The lowest BCUT2D eigenvalue weighted by atomic mass is 10.1. The van der Waals surface area contributed by atoms with Crippen molar-refractivity contribution in [2.75, 3.05) is 26.2 Å². The third-order valence-corrected chi connectivity index (χ3v) is 3.08. The number of likely N-dealkylation sites (tertiary alicyclic amines) is 1. The molecule has 0 spiro atoms. The van der Waals surface area contributed by atoms with Crippen LogP contribution in [0.1, 0.15) is 26.2 Å². The van der Waals surface area contributed by atoms with Crippen molar-refractivity contribution in [3.63, 3.8) is 0 Å². The predicted octanol–water partition coefficient (Wildman–Crippen LogP) is 0.289. The van der Waals surface area contributed by atoms with E-state index in [0.717, 1.165) is 39.0 Å². The van der Waals surface area contributed by atoms with Crippen molar-refractivity contribution >= 4 is 5.97 Å². The Bertz CT molecular complexity index is 215. The molecule has 0 aliphatic carbocycles. The van der Waals surface area contributed by atoms with Gasteiger partial charge in [-0.3, -0.25) is 9.69 Å². The van der Waals surface area contributed by atoms with Gasteiger partial charge in [0.05, 0.1) is 6.10 Å². The number of aliphatic carboxylic acids is 1. The monoisotopic (exact) mass is 230 g/mol. The number of hydrogen-bond donors (Lipinski definition) is 2. The SMILES string of the molecule is CC(C(=O)O)N1CCC(OCCCN)CC1. The zero-order chi connectivity index (χ0) is 12.0. The summed E-state index contributed by atoms with van der Waals surface area (Å²) in [6.45, 7) is 4.73. The van der Waals surface area contributed by atoms with Gasteiger partial charge in [-0.05, 0) is 32.7 Å². The first-order valence-electron chi connectivity index (χ1n) is 5.93. The minimum Gasteiger partial charge on any atom is -0.480 e. The summed E-state index contributed by atoms with van der Waals surface area (Å²) in [7, 11) is 0. The first kappa shape index (κ1) is 13.4. The number of carboxylic acids is 1. The van der Waals surface area contributed by atoms with E-state index in [1.807, 2.05) is 4.90 Å². The van der Waals surface area contributed by atoms with Crippen molar-refractivity contribution < 1.29 is 14.6 Å². The first-order valence-corrected chi connectivity index (χ1v) is 5.93. The van der Waals surface area contributed by atoms with Gasteiger partial charge in [-0.1, -0.05) is 0 Å². The zero-order valence-corrected chi connectivity index (χ0v) is 9.89. The van der Waals surface area contributed by atoms with E-state index in [4.69, 9.17) is 15.6 Å². The van der Waals surface area contributed by atoms with Crippen molar-refractivity contribution in [3.05, 3.63) is 0 Å². The summed E-state index contributed by atoms with van der Waals surface area (Å²) in [5.74, 6) is -0.748. The lowest BCUT2D eigenvalue weighted by molar-refractivity contribution is -0.143. The van der Waals surface area contributed by atoms with E-state index in [1.54, 1.807) is 6.92 Å². The fourth-order valence-electron chi connectivity index (χ4n) is 1.92. The smallest absolute Gasteiger partial charge is 0.320 e. The highest BCUT2D eigenvalue weighted by molar-refractivity contribution is 5.72. The van der Waals surface area contributed by atoms with Crippen LogP contribution in [0, 0.1) is 0 Å². The van der Waals surface area contributed by atoms with Gasteiger partial charge < -0.3 is 15.6 Å². The van der Waals surface area contributed by atoms with Gasteiger partial charge in [-0.2, -0.15) is 0 Å². The van der Waals surface area contributed by atoms with Crippen LogP contribution in [-0.2, 0) is 9.53 Å². The number of nitrogens with two attached hydrogens (primary N) is 1. The Kier molecular flexibility index (Phi) is 5.73. The van der Waals surface area contributed by atoms with Crippen LogP contribution in [-0.4, -0.2) is 54.4 Å². The molecule has 0 aromatic carbocycles. The molecule has 0 amide bonds. The largest absolute Gasteiger partial charge is 0.480 e. The Morgan fingerprint density at radius 1 is 1.56 bits per heavy atom. The van der Waals surface area contributed by atoms with Crippen LogP contribution in [0.2, 0.25) is 0 Å². The maximum atomic E-state index is 10.8. The second kappa shape index (κ2) is 6.83.